The van der Waals surface area contributed by atoms with Crippen molar-refractivity contribution in [2.24, 2.45) is 11.5 Å². The van der Waals surface area contributed by atoms with Crippen LogP contribution in [-0.2, 0) is 10.6 Å². The van der Waals surface area contributed by atoms with E-state index >= 15 is 0 Å². The topological polar surface area (TPSA) is 126 Å². The van der Waals surface area contributed by atoms with Crippen LogP contribution in [0.25, 0.3) is 11.0 Å². The van der Waals surface area contributed by atoms with Gasteiger partial charge < -0.3 is 0 Å². The van der Waals surface area contributed by atoms with Crippen LogP contribution in [0.1, 0.15) is 11.4 Å². The molecule has 2 rings (SSSR count). The molecule has 2 aromatic rings. The second kappa shape index (κ2) is 6.81. The summed E-state index contributed by atoms with van der Waals surface area (Å²) in [6.45, 7) is 0. The molecule has 1 aromatic carbocycles. The molecule has 6 nitrogen and oxygen atoms in total. The number of nitrogens with zero attached hydrogens (tertiary/aromatic N) is 2. The zero-order valence-corrected chi connectivity index (χ0v) is 14.0. The Bertz CT molecular complexity index is 601. The molecule has 0 fully saturated rings. The number of nitrogens with two attached hydrogens (primary N) is 2. The van der Waals surface area contributed by atoms with E-state index in [4.69, 9.17) is 22.3 Å². The van der Waals surface area contributed by atoms with E-state index < -0.39 is 0 Å². The number of aromatic nitrogens is 2. The van der Waals surface area contributed by atoms with E-state index in [1.54, 1.807) is 0 Å². The van der Waals surface area contributed by atoms with Crippen molar-refractivity contribution in [2.75, 3.05) is 0 Å². The van der Waals surface area contributed by atoms with Gasteiger partial charge >= 0.3 is 129 Å². The zero-order valence-electron chi connectivity index (χ0n) is 10.6. The van der Waals surface area contributed by atoms with Crippen molar-refractivity contribution in [3.8, 4) is 0 Å². The molecule has 0 radical (unpaired) electrons. The van der Waals surface area contributed by atoms with Crippen LogP contribution in [0.2, 0.25) is 0 Å². The molecule has 0 aliphatic rings. The van der Waals surface area contributed by atoms with Crippen molar-refractivity contribution in [3.05, 3.63) is 35.7 Å². The quantitative estimate of drug-likeness (QED) is 0.305. The van der Waals surface area contributed by atoms with Crippen LogP contribution in [0.5, 0.6) is 0 Å². The Hall–Kier alpha value is -1.46. The van der Waals surface area contributed by atoms with Crippen molar-refractivity contribution in [1.82, 2.24) is 9.97 Å². The molecule has 0 saturated carbocycles. The van der Waals surface area contributed by atoms with Gasteiger partial charge in [-0.05, 0) is 0 Å². The van der Waals surface area contributed by atoms with Crippen molar-refractivity contribution in [3.63, 3.8) is 0 Å². The second-order valence-electron chi connectivity index (χ2n) is 3.91. The Balaban J connectivity index is 2.35. The predicted octanol–water partition coefficient (Wildman–Crippen LogP) is -0.175. The summed E-state index contributed by atoms with van der Waals surface area (Å²) in [7, 11) is 0. The number of para-hydroxylation sites is 2. The Morgan fingerprint density at radius 1 is 0.900 bits per heavy atom. The molecule has 0 saturated heterocycles. The van der Waals surface area contributed by atoms with Gasteiger partial charge in [-0.3, -0.25) is 0 Å². The van der Waals surface area contributed by atoms with Gasteiger partial charge in [0.25, 0.3) is 0 Å². The Morgan fingerprint density at radius 2 is 1.30 bits per heavy atom. The third-order valence-corrected chi connectivity index (χ3v) is 5.51. The summed E-state index contributed by atoms with van der Waals surface area (Å²) in [6, 6.07) is 7.70. The van der Waals surface area contributed by atoms with Crippen molar-refractivity contribution in [1.29, 1.82) is 10.8 Å². The maximum atomic E-state index is 7.35. The van der Waals surface area contributed by atoms with E-state index in [-0.39, 0.29) is 39.4 Å². The summed E-state index contributed by atoms with van der Waals surface area (Å²) in [5.41, 5.74) is 14.3. The monoisotopic (exact) mass is 402 g/mol. The average molecular weight is 400 g/mol. The van der Waals surface area contributed by atoms with Crippen LogP contribution >= 0.6 is 0 Å². The molecule has 0 bridgehead atoms. The Kier molecular flexibility index (Phi) is 5.09. The molecule has 0 spiro atoms. The van der Waals surface area contributed by atoms with E-state index in [0.29, 0.717) is 10.6 Å². The summed E-state index contributed by atoms with van der Waals surface area (Å²) in [5, 5.41) is 16.0. The van der Waals surface area contributed by atoms with Gasteiger partial charge in [-0.2, -0.15) is 0 Å². The molecule has 20 heavy (non-hydrogen) atoms. The first-order valence-electron chi connectivity index (χ1n) is 5.74. The zero-order chi connectivity index (χ0) is 14.5. The average Bonchev–Trinajstić information content (AvgIpc) is 2.42. The molecule has 0 amide bonds. The number of fused-ring (bicyclic) bond motifs is 1. The molecule has 0 unspecified atom stereocenters. The molecule has 1 aromatic heterocycles. The maximum absolute atomic E-state index is 7.35. The van der Waals surface area contributed by atoms with E-state index in [2.05, 4.69) is 9.97 Å². The second-order valence-corrected chi connectivity index (χ2v) is 8.18. The van der Waals surface area contributed by atoms with E-state index in [1.165, 1.54) is 0 Å². The molecule has 0 aliphatic heterocycles. The summed E-state index contributed by atoms with van der Waals surface area (Å²) in [4.78, 5) is 9.25. The fourth-order valence-electron chi connectivity index (χ4n) is 1.60. The summed E-state index contributed by atoms with van der Waals surface area (Å²) in [6.07, 6.45) is 0. The van der Waals surface area contributed by atoms with Gasteiger partial charge in [0.1, 0.15) is 0 Å². The molecule has 1 heterocycles. The number of benzene rings is 1. The predicted molar refractivity (Wildman–Crippen MR) is 82.3 cm³/mol. The molecule has 6 N–H and O–H groups in total. The number of amidine groups is 2. The molecular weight excluding hydrogens is 386 g/mol. The fraction of sp³-hybridized carbons (Fsp3) is 0.167. The van der Waals surface area contributed by atoms with Crippen LogP contribution in [-0.4, -0.2) is 49.3 Å². The normalized spacial score (nSPS) is 10.6. The first kappa shape index (κ1) is 14.9. The summed E-state index contributed by atoms with van der Waals surface area (Å²) < 4.78 is 0.408. The van der Waals surface area contributed by atoms with Gasteiger partial charge in [-0.25, -0.2) is 0 Å². The summed E-state index contributed by atoms with van der Waals surface area (Å²) >= 11 is -0.204. The Morgan fingerprint density at radius 3 is 1.65 bits per heavy atom. The van der Waals surface area contributed by atoms with Gasteiger partial charge in [0.2, 0.25) is 0 Å². The van der Waals surface area contributed by atoms with Crippen molar-refractivity contribution in [2.45, 2.75) is 10.6 Å². The first-order valence-corrected chi connectivity index (χ1v) is 9.88. The standard InChI is InChI=1S/C12H14N6Se2/c13-11(14)19-5-9-10(6-20-12(15)16)18-8-4-2-1-3-7(8)17-9/h1-4H,5-6H2,(H3,13,14)(H3,15,16). The van der Waals surface area contributed by atoms with Crippen LogP contribution < -0.4 is 11.5 Å². The minimum absolute atomic E-state index is 0.102. The van der Waals surface area contributed by atoms with E-state index in [1.807, 2.05) is 24.3 Å². The fourth-order valence-corrected chi connectivity index (χ4v) is 3.79. The number of hydrogen-bond donors (Lipinski definition) is 4. The molecular formula is C12H14N6Se2. The van der Waals surface area contributed by atoms with E-state index in [0.717, 1.165) is 22.4 Å². The van der Waals surface area contributed by atoms with E-state index in [9.17, 15) is 0 Å². The first-order chi connectivity index (χ1) is 9.56. The van der Waals surface area contributed by atoms with Crippen LogP contribution in [0.15, 0.2) is 24.3 Å². The Labute approximate surface area is 129 Å². The number of rotatable bonds is 6. The minimum atomic E-state index is -0.102. The third-order valence-electron chi connectivity index (χ3n) is 2.45. The molecule has 104 valence electrons. The van der Waals surface area contributed by atoms with Crippen molar-refractivity contribution < 1.29 is 0 Å². The van der Waals surface area contributed by atoms with Crippen LogP contribution in [0, 0.1) is 10.8 Å². The van der Waals surface area contributed by atoms with Gasteiger partial charge in [0.15, 0.2) is 0 Å². The van der Waals surface area contributed by atoms with Crippen LogP contribution in [0.3, 0.4) is 0 Å². The molecule has 0 atom stereocenters. The molecule has 8 heteroatoms. The van der Waals surface area contributed by atoms with Crippen LogP contribution in [0.4, 0.5) is 0 Å². The number of nitrogens with one attached hydrogen (secondary N) is 2. The van der Waals surface area contributed by atoms with Gasteiger partial charge in [0, 0.05) is 0 Å². The summed E-state index contributed by atoms with van der Waals surface area (Å²) in [5.74, 6) is 0. The third kappa shape index (κ3) is 4.01. The van der Waals surface area contributed by atoms with Gasteiger partial charge in [-0.1, -0.05) is 0 Å². The van der Waals surface area contributed by atoms with Gasteiger partial charge in [-0.15, -0.1) is 0 Å². The SMILES string of the molecule is N=C(N)[Se]Cc1nc2ccccc2nc1C[Se]C(=N)N. The van der Waals surface area contributed by atoms with Crippen molar-refractivity contribution >= 4 is 50.4 Å². The number of hydrogen-bond acceptors (Lipinski definition) is 4. The van der Waals surface area contributed by atoms with Gasteiger partial charge in [0.05, 0.1) is 0 Å². The molecule has 0 aliphatic carbocycles.